The third kappa shape index (κ3) is 2.65. The Morgan fingerprint density at radius 2 is 1.65 bits per heavy atom. The number of ether oxygens (including phenoxy) is 1. The van der Waals surface area contributed by atoms with Crippen LogP contribution in [0.25, 0.3) is 0 Å². The van der Waals surface area contributed by atoms with Gasteiger partial charge in [0.25, 0.3) is 0 Å². The second-order valence-electron chi connectivity index (χ2n) is 4.77. The standard InChI is InChI=1S/C16H15NO3/c18-13-10-16(19)17(11-13)12-6-8-15(9-7-12)20-14-4-2-1-3-5-14/h1-9,13,18H,10-11H2. The molecule has 0 radical (unpaired) electrons. The summed E-state index contributed by atoms with van der Waals surface area (Å²) in [7, 11) is 0. The van der Waals surface area contributed by atoms with Crippen LogP contribution in [-0.4, -0.2) is 23.7 Å². The number of carbonyl (C=O) groups is 1. The summed E-state index contributed by atoms with van der Waals surface area (Å²) >= 11 is 0. The molecule has 1 saturated heterocycles. The van der Waals surface area contributed by atoms with E-state index in [-0.39, 0.29) is 12.3 Å². The molecule has 1 fully saturated rings. The van der Waals surface area contributed by atoms with Crippen molar-refractivity contribution in [2.45, 2.75) is 12.5 Å². The average molecular weight is 269 g/mol. The second kappa shape index (κ2) is 5.35. The Hall–Kier alpha value is -2.33. The lowest BCUT2D eigenvalue weighted by Crippen LogP contribution is -2.24. The summed E-state index contributed by atoms with van der Waals surface area (Å²) in [4.78, 5) is 13.3. The molecule has 1 atom stereocenters. The van der Waals surface area contributed by atoms with Crippen molar-refractivity contribution in [1.82, 2.24) is 0 Å². The van der Waals surface area contributed by atoms with E-state index >= 15 is 0 Å². The Balaban J connectivity index is 1.73. The van der Waals surface area contributed by atoms with Gasteiger partial charge in [-0.3, -0.25) is 4.79 Å². The van der Waals surface area contributed by atoms with Gasteiger partial charge in [-0.25, -0.2) is 0 Å². The van der Waals surface area contributed by atoms with Gasteiger partial charge < -0.3 is 14.7 Å². The molecule has 1 amide bonds. The number of benzene rings is 2. The summed E-state index contributed by atoms with van der Waals surface area (Å²) < 4.78 is 5.69. The summed E-state index contributed by atoms with van der Waals surface area (Å²) in [5.74, 6) is 1.44. The molecule has 4 heteroatoms. The van der Waals surface area contributed by atoms with Gasteiger partial charge in [-0.15, -0.1) is 0 Å². The fourth-order valence-electron chi connectivity index (χ4n) is 2.26. The van der Waals surface area contributed by atoms with E-state index in [1.54, 1.807) is 4.90 Å². The predicted molar refractivity (Wildman–Crippen MR) is 75.9 cm³/mol. The van der Waals surface area contributed by atoms with Crippen molar-refractivity contribution < 1.29 is 14.6 Å². The molecule has 4 nitrogen and oxygen atoms in total. The normalized spacial score (nSPS) is 18.4. The molecule has 0 aromatic heterocycles. The van der Waals surface area contributed by atoms with Crippen LogP contribution in [0, 0.1) is 0 Å². The van der Waals surface area contributed by atoms with E-state index in [1.807, 2.05) is 54.6 Å². The average Bonchev–Trinajstić information content (AvgIpc) is 2.80. The zero-order chi connectivity index (χ0) is 13.9. The van der Waals surface area contributed by atoms with Gasteiger partial charge in [0.1, 0.15) is 11.5 Å². The molecule has 1 aliphatic heterocycles. The van der Waals surface area contributed by atoms with E-state index < -0.39 is 6.10 Å². The Morgan fingerprint density at radius 1 is 1.00 bits per heavy atom. The molecule has 2 aromatic carbocycles. The van der Waals surface area contributed by atoms with Gasteiger partial charge in [0.2, 0.25) is 5.91 Å². The van der Waals surface area contributed by atoms with Crippen LogP contribution in [0.1, 0.15) is 6.42 Å². The third-order valence-corrected chi connectivity index (χ3v) is 3.23. The minimum absolute atomic E-state index is 0.0470. The molecule has 3 rings (SSSR count). The first-order valence-corrected chi connectivity index (χ1v) is 6.54. The summed E-state index contributed by atoms with van der Waals surface area (Å²) in [6, 6.07) is 16.8. The van der Waals surface area contributed by atoms with Gasteiger partial charge in [0, 0.05) is 5.69 Å². The number of amides is 1. The van der Waals surface area contributed by atoms with Gasteiger partial charge in [-0.1, -0.05) is 18.2 Å². The van der Waals surface area contributed by atoms with Crippen LogP contribution in [0.15, 0.2) is 54.6 Å². The van der Waals surface area contributed by atoms with Crippen LogP contribution in [0.3, 0.4) is 0 Å². The van der Waals surface area contributed by atoms with Gasteiger partial charge >= 0.3 is 0 Å². The van der Waals surface area contributed by atoms with Gasteiger partial charge in [0.05, 0.1) is 19.1 Å². The van der Waals surface area contributed by atoms with Gasteiger partial charge in [-0.05, 0) is 36.4 Å². The first kappa shape index (κ1) is 12.7. The fraction of sp³-hybridized carbons (Fsp3) is 0.188. The summed E-state index contributed by atoms with van der Waals surface area (Å²) in [5, 5.41) is 9.49. The first-order chi connectivity index (χ1) is 9.72. The Labute approximate surface area is 117 Å². The molecule has 1 N–H and O–H groups in total. The smallest absolute Gasteiger partial charge is 0.229 e. The number of aliphatic hydroxyl groups excluding tert-OH is 1. The van der Waals surface area contributed by atoms with Gasteiger partial charge in [-0.2, -0.15) is 0 Å². The minimum atomic E-state index is -0.567. The SMILES string of the molecule is O=C1CC(O)CN1c1ccc(Oc2ccccc2)cc1. The highest BCUT2D eigenvalue weighted by molar-refractivity contribution is 5.96. The molecule has 1 heterocycles. The molecule has 20 heavy (non-hydrogen) atoms. The number of β-amino-alcohol motifs (C(OH)–C–C–N with tert-alkyl or cyclic N) is 1. The molecule has 1 unspecified atom stereocenters. The number of rotatable bonds is 3. The monoisotopic (exact) mass is 269 g/mol. The predicted octanol–water partition coefficient (Wildman–Crippen LogP) is 2.58. The second-order valence-corrected chi connectivity index (χ2v) is 4.77. The zero-order valence-electron chi connectivity index (χ0n) is 10.9. The number of aliphatic hydroxyl groups is 1. The van der Waals surface area contributed by atoms with E-state index in [2.05, 4.69) is 0 Å². The quantitative estimate of drug-likeness (QED) is 0.931. The molecule has 2 aromatic rings. The molecule has 0 bridgehead atoms. The Kier molecular flexibility index (Phi) is 3.39. The Bertz CT molecular complexity index is 595. The van der Waals surface area contributed by atoms with Crippen molar-refractivity contribution in [3.63, 3.8) is 0 Å². The van der Waals surface area contributed by atoms with E-state index in [0.717, 1.165) is 11.4 Å². The molecule has 0 aliphatic carbocycles. The van der Waals surface area contributed by atoms with Crippen LogP contribution in [0.5, 0.6) is 11.5 Å². The van der Waals surface area contributed by atoms with Crippen LogP contribution in [0.4, 0.5) is 5.69 Å². The van der Waals surface area contributed by atoms with E-state index in [4.69, 9.17) is 4.74 Å². The van der Waals surface area contributed by atoms with Crippen LogP contribution in [0.2, 0.25) is 0 Å². The number of nitrogens with zero attached hydrogens (tertiary/aromatic N) is 1. The van der Waals surface area contributed by atoms with Crippen LogP contribution < -0.4 is 9.64 Å². The van der Waals surface area contributed by atoms with Crippen molar-refractivity contribution in [2.75, 3.05) is 11.4 Å². The van der Waals surface area contributed by atoms with E-state index in [9.17, 15) is 9.90 Å². The van der Waals surface area contributed by atoms with Crippen LogP contribution in [-0.2, 0) is 4.79 Å². The van der Waals surface area contributed by atoms with Crippen molar-refractivity contribution in [1.29, 1.82) is 0 Å². The molecular weight excluding hydrogens is 254 g/mol. The maximum atomic E-state index is 11.7. The molecular formula is C16H15NO3. The maximum absolute atomic E-state index is 11.7. The maximum Gasteiger partial charge on any atom is 0.229 e. The van der Waals surface area contributed by atoms with Gasteiger partial charge in [0.15, 0.2) is 0 Å². The lowest BCUT2D eigenvalue weighted by atomic mass is 10.2. The molecule has 1 aliphatic rings. The highest BCUT2D eigenvalue weighted by atomic mass is 16.5. The van der Waals surface area contributed by atoms with Crippen molar-refractivity contribution in [3.8, 4) is 11.5 Å². The van der Waals surface area contributed by atoms with Crippen molar-refractivity contribution >= 4 is 11.6 Å². The first-order valence-electron chi connectivity index (χ1n) is 6.54. The number of para-hydroxylation sites is 1. The lowest BCUT2D eigenvalue weighted by Gasteiger charge is -2.16. The summed E-state index contributed by atoms with van der Waals surface area (Å²) in [5.41, 5.74) is 0.784. The van der Waals surface area contributed by atoms with Crippen molar-refractivity contribution in [2.24, 2.45) is 0 Å². The summed E-state index contributed by atoms with van der Waals surface area (Å²) in [6.07, 6.45) is -0.370. The highest BCUT2D eigenvalue weighted by Gasteiger charge is 2.28. The Morgan fingerprint density at radius 3 is 2.25 bits per heavy atom. The third-order valence-electron chi connectivity index (χ3n) is 3.23. The van der Waals surface area contributed by atoms with Crippen LogP contribution >= 0.6 is 0 Å². The highest BCUT2D eigenvalue weighted by Crippen LogP contribution is 2.26. The lowest BCUT2D eigenvalue weighted by molar-refractivity contribution is -0.117. The van der Waals surface area contributed by atoms with E-state index in [1.165, 1.54) is 0 Å². The fourth-order valence-corrected chi connectivity index (χ4v) is 2.26. The molecule has 0 spiro atoms. The molecule has 0 saturated carbocycles. The van der Waals surface area contributed by atoms with E-state index in [0.29, 0.717) is 12.3 Å². The summed E-state index contributed by atoms with van der Waals surface area (Å²) in [6.45, 7) is 0.359. The number of hydrogen-bond acceptors (Lipinski definition) is 3. The topological polar surface area (TPSA) is 49.8 Å². The van der Waals surface area contributed by atoms with Crippen molar-refractivity contribution in [3.05, 3.63) is 54.6 Å². The minimum Gasteiger partial charge on any atom is -0.457 e. The molecule has 102 valence electrons. The largest absolute Gasteiger partial charge is 0.457 e. The number of hydrogen-bond donors (Lipinski definition) is 1. The number of anilines is 1. The number of carbonyl (C=O) groups excluding carboxylic acids is 1. The zero-order valence-corrected chi connectivity index (χ0v) is 10.9.